The number of benzene rings is 3. The Kier molecular flexibility index (Phi) is 4.83. The Bertz CT molecular complexity index is 1590. The average molecular weight is 453 g/mol. The second-order valence-electron chi connectivity index (χ2n) is 8.51. The molecule has 2 aliphatic carbocycles. The van der Waals surface area contributed by atoms with Gasteiger partial charge in [-0.15, -0.1) is 0 Å². The summed E-state index contributed by atoms with van der Waals surface area (Å²) in [5, 5.41) is 4.27. The summed E-state index contributed by atoms with van der Waals surface area (Å²) in [4.78, 5) is 14.2. The molecule has 0 amide bonds. The van der Waals surface area contributed by atoms with Crippen molar-refractivity contribution in [2.24, 2.45) is 4.99 Å². The molecule has 0 spiro atoms. The van der Waals surface area contributed by atoms with E-state index in [0.717, 1.165) is 58.1 Å². The molecule has 3 aliphatic rings. The average Bonchev–Trinajstić information content (AvgIpc) is 3.65. The number of pyridine rings is 1. The maximum Gasteiger partial charge on any atom is 0.160 e. The molecule has 1 fully saturated rings. The fraction of sp³-hybridized carbons (Fsp3) is 0.148. The van der Waals surface area contributed by atoms with Gasteiger partial charge in [-0.05, 0) is 68.3 Å². The summed E-state index contributed by atoms with van der Waals surface area (Å²) in [6, 6.07) is 19.7. The highest BCUT2D eigenvalue weighted by Gasteiger charge is 2.22. The van der Waals surface area contributed by atoms with Crippen molar-refractivity contribution in [3.63, 3.8) is 0 Å². The van der Waals surface area contributed by atoms with Gasteiger partial charge in [-0.1, -0.05) is 12.1 Å². The van der Waals surface area contributed by atoms with E-state index in [1.807, 2.05) is 60.0 Å². The smallest absolute Gasteiger partial charge is 0.160 e. The lowest BCUT2D eigenvalue weighted by Gasteiger charge is -2.20. The van der Waals surface area contributed by atoms with Gasteiger partial charge < -0.3 is 9.88 Å². The number of hydrogen-bond donors (Lipinski definition) is 1. The molecule has 0 unspecified atom stereocenters. The molecule has 1 aliphatic heterocycles. The summed E-state index contributed by atoms with van der Waals surface area (Å²) in [5.41, 5.74) is 6.13. The lowest BCUT2D eigenvalue weighted by Crippen LogP contribution is -2.16. The van der Waals surface area contributed by atoms with Crippen LogP contribution in [0, 0.1) is 18.6 Å². The van der Waals surface area contributed by atoms with Gasteiger partial charge in [0, 0.05) is 18.0 Å². The van der Waals surface area contributed by atoms with Gasteiger partial charge in [0.05, 0.1) is 50.9 Å². The van der Waals surface area contributed by atoms with E-state index in [1.54, 1.807) is 12.3 Å². The highest BCUT2D eigenvalue weighted by atomic mass is 19.2. The summed E-state index contributed by atoms with van der Waals surface area (Å²) < 4.78 is 29.9. The zero-order chi connectivity index (χ0) is 23.2. The van der Waals surface area contributed by atoms with Crippen LogP contribution in [0.1, 0.15) is 18.5 Å². The second-order valence-corrected chi connectivity index (χ2v) is 8.51. The van der Waals surface area contributed by atoms with Gasteiger partial charge in [0.25, 0.3) is 0 Å². The monoisotopic (exact) mass is 453 g/mol. The van der Waals surface area contributed by atoms with Crippen LogP contribution in [-0.4, -0.2) is 20.6 Å². The van der Waals surface area contributed by atoms with Crippen LogP contribution in [0.3, 0.4) is 0 Å². The van der Waals surface area contributed by atoms with Gasteiger partial charge in [-0.25, -0.2) is 13.8 Å². The Balaban J connectivity index is 1.65. The van der Waals surface area contributed by atoms with E-state index in [2.05, 4.69) is 10.3 Å². The van der Waals surface area contributed by atoms with Crippen molar-refractivity contribution >= 4 is 22.4 Å². The lowest BCUT2D eigenvalue weighted by molar-refractivity contribution is 0.508. The van der Waals surface area contributed by atoms with E-state index in [9.17, 15) is 8.78 Å². The van der Waals surface area contributed by atoms with Crippen LogP contribution in [0.5, 0.6) is 0 Å². The number of rotatable bonds is 4. The molecule has 5 nitrogen and oxygen atoms in total. The van der Waals surface area contributed by atoms with Crippen LogP contribution in [0.25, 0.3) is 28.1 Å². The van der Waals surface area contributed by atoms with Crippen molar-refractivity contribution < 1.29 is 8.78 Å². The first-order valence-corrected chi connectivity index (χ1v) is 11.2. The first-order valence-electron chi connectivity index (χ1n) is 11.2. The number of fused-ring (bicyclic) bond motifs is 2. The van der Waals surface area contributed by atoms with Crippen LogP contribution in [-0.2, 0) is 0 Å². The predicted octanol–water partition coefficient (Wildman–Crippen LogP) is 5.92. The standard InChI is InChI=1S/C27H21F2N5/c1-16-21(6-4-12-30-16)32-23-14-25-27(15-24(23)31-17-8-9-17)34(18-10-11-19(28)20(29)13-18)26-7-3-2-5-22(26)33-25/h2-7,10-15,17,32H,8-9H2,1H3. The van der Waals surface area contributed by atoms with Crippen molar-refractivity contribution in [2.45, 2.75) is 25.8 Å². The Labute approximate surface area is 194 Å². The molecule has 0 saturated heterocycles. The molecular weight excluding hydrogens is 432 g/mol. The molecule has 7 heteroatoms. The predicted molar refractivity (Wildman–Crippen MR) is 128 cm³/mol. The van der Waals surface area contributed by atoms with Gasteiger partial charge >= 0.3 is 0 Å². The molecular formula is C27H21F2N5. The van der Waals surface area contributed by atoms with Gasteiger partial charge in [0.2, 0.25) is 0 Å². The summed E-state index contributed by atoms with van der Waals surface area (Å²) >= 11 is 0. The molecule has 0 atom stereocenters. The third kappa shape index (κ3) is 3.69. The minimum Gasteiger partial charge on any atom is -0.352 e. The number of aromatic nitrogens is 3. The van der Waals surface area contributed by atoms with Crippen LogP contribution in [0.2, 0.25) is 0 Å². The zero-order valence-corrected chi connectivity index (χ0v) is 18.5. The molecule has 6 rings (SSSR count). The van der Waals surface area contributed by atoms with Crippen LogP contribution in [0.4, 0.5) is 20.2 Å². The number of nitrogens with zero attached hydrogens (tertiary/aromatic N) is 4. The molecule has 2 heterocycles. The van der Waals surface area contributed by atoms with Crippen molar-refractivity contribution in [1.82, 2.24) is 14.5 Å². The van der Waals surface area contributed by atoms with Crippen molar-refractivity contribution in [3.8, 4) is 17.1 Å². The van der Waals surface area contributed by atoms with Crippen LogP contribution in [0.15, 0.2) is 77.9 Å². The fourth-order valence-corrected chi connectivity index (χ4v) is 4.11. The number of hydrogen-bond acceptors (Lipinski definition) is 4. The maximum absolute atomic E-state index is 14.2. The minimum atomic E-state index is -0.896. The van der Waals surface area contributed by atoms with E-state index in [1.165, 1.54) is 6.07 Å². The summed E-state index contributed by atoms with van der Waals surface area (Å²) in [7, 11) is 0. The molecule has 168 valence electrons. The Morgan fingerprint density at radius 1 is 0.941 bits per heavy atom. The van der Waals surface area contributed by atoms with Crippen molar-refractivity contribution in [1.29, 1.82) is 0 Å². The summed E-state index contributed by atoms with van der Waals surface area (Å²) in [5.74, 6) is -1.78. The van der Waals surface area contributed by atoms with E-state index >= 15 is 0 Å². The second kappa shape index (κ2) is 8.02. The lowest BCUT2D eigenvalue weighted by atomic mass is 10.1. The molecule has 0 radical (unpaired) electrons. The molecule has 1 saturated carbocycles. The maximum atomic E-state index is 14.2. The SMILES string of the molecule is Cc1ncccc1Nc1cc2nc3ccccc3n(-c3ccc(F)c(F)c3)c-2cc1=NC1CC1. The molecule has 1 N–H and O–H groups in total. The number of anilines is 2. The largest absolute Gasteiger partial charge is 0.352 e. The first-order chi connectivity index (χ1) is 16.6. The fourth-order valence-electron chi connectivity index (χ4n) is 4.11. The Morgan fingerprint density at radius 2 is 1.79 bits per heavy atom. The van der Waals surface area contributed by atoms with E-state index in [0.29, 0.717) is 11.4 Å². The van der Waals surface area contributed by atoms with Gasteiger partial charge in [-0.2, -0.15) is 0 Å². The molecule has 2 aromatic carbocycles. The Morgan fingerprint density at radius 3 is 2.59 bits per heavy atom. The van der Waals surface area contributed by atoms with Crippen LogP contribution < -0.4 is 10.7 Å². The normalized spacial score (nSPS) is 14.1. The van der Waals surface area contributed by atoms with Crippen molar-refractivity contribution in [2.75, 3.05) is 5.32 Å². The topological polar surface area (TPSA) is 55.1 Å². The summed E-state index contributed by atoms with van der Waals surface area (Å²) in [6.45, 7) is 1.95. The quantitative estimate of drug-likeness (QED) is 0.344. The van der Waals surface area contributed by atoms with Crippen molar-refractivity contribution in [3.05, 3.63) is 95.6 Å². The number of halogens is 2. The number of nitrogens with one attached hydrogen (secondary N) is 1. The van der Waals surface area contributed by atoms with Gasteiger partial charge in [-0.3, -0.25) is 9.98 Å². The molecule has 0 bridgehead atoms. The number of para-hydroxylation sites is 2. The van der Waals surface area contributed by atoms with E-state index < -0.39 is 11.6 Å². The highest BCUT2D eigenvalue weighted by molar-refractivity contribution is 5.84. The molecule has 3 aromatic rings. The first kappa shape index (κ1) is 20.5. The van der Waals surface area contributed by atoms with Gasteiger partial charge in [0.1, 0.15) is 0 Å². The van der Waals surface area contributed by atoms with Gasteiger partial charge in [0.15, 0.2) is 11.6 Å². The minimum absolute atomic E-state index is 0.290. The highest BCUT2D eigenvalue weighted by Crippen LogP contribution is 2.32. The van der Waals surface area contributed by atoms with Crippen LogP contribution >= 0.6 is 0 Å². The van der Waals surface area contributed by atoms with E-state index in [-0.39, 0.29) is 6.04 Å². The zero-order valence-electron chi connectivity index (χ0n) is 18.5. The third-order valence-corrected chi connectivity index (χ3v) is 6.00. The number of aryl methyl sites for hydroxylation is 1. The van der Waals surface area contributed by atoms with E-state index in [4.69, 9.17) is 9.98 Å². The molecule has 34 heavy (non-hydrogen) atoms. The molecule has 1 aromatic heterocycles. The summed E-state index contributed by atoms with van der Waals surface area (Å²) in [6.07, 6.45) is 3.87. The third-order valence-electron chi connectivity index (χ3n) is 6.00. The Hall–Kier alpha value is -4.13.